The van der Waals surface area contributed by atoms with Crippen LogP contribution >= 0.6 is 0 Å². The van der Waals surface area contributed by atoms with Crippen LogP contribution in [0.15, 0.2) is 212 Å². The van der Waals surface area contributed by atoms with E-state index in [1.165, 1.54) is 122 Å². The van der Waals surface area contributed by atoms with Crippen LogP contribution in [0.1, 0.15) is 204 Å². The van der Waals surface area contributed by atoms with Gasteiger partial charge >= 0.3 is 0 Å². The lowest BCUT2D eigenvalue weighted by Gasteiger charge is -2.46. The molecule has 0 amide bonds. The normalized spacial score (nSPS) is 13.7. The first-order valence-electron chi connectivity index (χ1n) is 43.3. The summed E-state index contributed by atoms with van der Waals surface area (Å²) in [6.07, 6.45) is 0. The second-order valence-corrected chi connectivity index (χ2v) is 39.2. The lowest BCUT2D eigenvalue weighted by atomic mass is 9.33. The Morgan fingerprint density at radius 1 is 0.281 bits per heavy atom. The largest absolute Gasteiger partial charge is 0.310 e. The topological polar surface area (TPSA) is 11.4 Å². The molecule has 0 aliphatic carbocycles. The Hall–Kier alpha value is -10.7. The molecule has 114 heavy (non-hydrogen) atoms. The van der Waals surface area contributed by atoms with Crippen LogP contribution in [0, 0.1) is 83.1 Å². The second kappa shape index (κ2) is 27.5. The fraction of sp³-hybridized carbons (Fsp3) is 0.291. The van der Waals surface area contributed by atoms with E-state index in [-0.39, 0.29) is 51.2 Å². The van der Waals surface area contributed by atoms with Gasteiger partial charge < -0.3 is 14.4 Å². The number of anilines is 6. The first kappa shape index (κ1) is 72.3. The molecule has 0 unspecified atom stereocenters. The van der Waals surface area contributed by atoms with Crippen molar-refractivity contribution in [2.24, 2.45) is 0 Å². The highest BCUT2D eigenvalue weighted by Crippen LogP contribution is 2.57. The van der Waals surface area contributed by atoms with Gasteiger partial charge in [-0.25, -0.2) is 0 Å². The standard InChI is InChI=1S/C110H116BN3/c1-63-44-67(5)99(68(6)45-63)86-33-30-34-87(100-69(7)46-64(2)47-70(100)8)104(86)113-95-41-38-75(77-52-80(107(16,17)18)58-81(53-77)108(19,20)21)56-91(95)111-92-57-76(78-54-82(109(22,23)24)59-83(55-78)110(25,26)27)39-42-96(92)114(105-88(101-71(9)48-65(3)49-72(101)10)35-31-36-89(105)102-73(11)50-66(4)51-74(102)12)98-62-84(61-97(113)103(98)111)112-93-37-29-28-32-85(93)90-60-79(106(13,14)15)40-43-94(90)112/h28-62H,1-27H3/i28D,29D,32D,37D. The fourth-order valence-corrected chi connectivity index (χ4v) is 19.5. The predicted molar refractivity (Wildman–Crippen MR) is 498 cm³/mol. The van der Waals surface area contributed by atoms with Crippen LogP contribution in [0.4, 0.5) is 34.1 Å². The van der Waals surface area contributed by atoms with E-state index in [9.17, 15) is 5.48 Å². The molecule has 2 aliphatic heterocycles. The molecule has 0 radical (unpaired) electrons. The van der Waals surface area contributed by atoms with Crippen LogP contribution in [0.5, 0.6) is 0 Å². The third-order valence-electron chi connectivity index (χ3n) is 24.9. The monoisotopic (exact) mass is 1490 g/mol. The van der Waals surface area contributed by atoms with Gasteiger partial charge in [0.15, 0.2) is 0 Å². The predicted octanol–water partition coefficient (Wildman–Crippen LogP) is 29.1. The van der Waals surface area contributed by atoms with Gasteiger partial charge in [0.2, 0.25) is 0 Å². The minimum absolute atomic E-state index is 0.0642. The van der Waals surface area contributed by atoms with Crippen molar-refractivity contribution in [2.75, 3.05) is 9.80 Å². The van der Waals surface area contributed by atoms with Crippen molar-refractivity contribution in [3.8, 4) is 72.4 Å². The van der Waals surface area contributed by atoms with Gasteiger partial charge in [0.05, 0.1) is 33.6 Å². The lowest BCUT2D eigenvalue weighted by Crippen LogP contribution is -2.61. The van der Waals surface area contributed by atoms with Gasteiger partial charge in [0.25, 0.3) is 6.71 Å². The third kappa shape index (κ3) is 13.3. The molecule has 1 aromatic heterocycles. The van der Waals surface area contributed by atoms with Crippen molar-refractivity contribution < 1.29 is 5.48 Å². The Balaban J connectivity index is 1.19. The summed E-state index contributed by atoms with van der Waals surface area (Å²) in [5.74, 6) is 0. The molecule has 3 nitrogen and oxygen atoms in total. The minimum atomic E-state index is -0.440. The number of nitrogens with zero attached hydrogens (tertiary/aromatic N) is 3. The summed E-state index contributed by atoms with van der Waals surface area (Å²) in [6, 6.07) is 73.1. The van der Waals surface area contributed by atoms with Crippen LogP contribution in [-0.2, 0) is 27.1 Å². The molecule has 14 aromatic rings. The molecule has 0 bridgehead atoms. The van der Waals surface area contributed by atoms with Crippen molar-refractivity contribution in [3.05, 3.63) is 307 Å². The lowest BCUT2D eigenvalue weighted by molar-refractivity contribution is 0.568. The molecule has 3 heterocycles. The van der Waals surface area contributed by atoms with Crippen molar-refractivity contribution in [1.82, 2.24) is 4.57 Å². The number of hydrogen-bond acceptors (Lipinski definition) is 2. The number of rotatable bonds is 9. The number of aromatic nitrogens is 1. The summed E-state index contributed by atoms with van der Waals surface area (Å²) in [4.78, 5) is 5.33. The highest BCUT2D eigenvalue weighted by Gasteiger charge is 2.47. The van der Waals surface area contributed by atoms with E-state index in [2.05, 4.69) is 389 Å². The molecule has 16 rings (SSSR count). The molecule has 0 fully saturated rings. The van der Waals surface area contributed by atoms with Crippen LogP contribution < -0.4 is 26.2 Å². The number of hydrogen-bond donors (Lipinski definition) is 0. The first-order valence-corrected chi connectivity index (χ1v) is 41.3. The van der Waals surface area contributed by atoms with Gasteiger partial charge in [-0.1, -0.05) is 296 Å². The molecular weight excluding hydrogens is 1370 g/mol. The molecule has 13 aromatic carbocycles. The van der Waals surface area contributed by atoms with Crippen LogP contribution in [0.25, 0.3) is 94.3 Å². The van der Waals surface area contributed by atoms with Crippen LogP contribution in [0.2, 0.25) is 0 Å². The van der Waals surface area contributed by atoms with Crippen LogP contribution in [0.3, 0.4) is 0 Å². The molecule has 2 aliphatic rings. The number of para-hydroxylation sites is 3. The Labute approximate surface area is 687 Å². The Kier molecular flexibility index (Phi) is 17.5. The molecule has 0 atom stereocenters. The zero-order chi connectivity index (χ0) is 84.9. The van der Waals surface area contributed by atoms with E-state index in [1.54, 1.807) is 0 Å². The van der Waals surface area contributed by atoms with Gasteiger partial charge in [0.1, 0.15) is 0 Å². The van der Waals surface area contributed by atoms with Crippen molar-refractivity contribution in [2.45, 2.75) is 214 Å². The first-order chi connectivity index (χ1) is 55.3. The zero-order valence-corrected chi connectivity index (χ0v) is 72.8. The van der Waals surface area contributed by atoms with Crippen molar-refractivity contribution in [3.63, 3.8) is 0 Å². The number of benzene rings is 13. The Morgan fingerprint density at radius 2 is 0.605 bits per heavy atom. The van der Waals surface area contributed by atoms with Crippen molar-refractivity contribution >= 4 is 79.0 Å². The average molecular weight is 1490 g/mol. The van der Waals surface area contributed by atoms with E-state index in [0.29, 0.717) is 10.9 Å². The molecule has 0 spiro atoms. The third-order valence-corrected chi connectivity index (χ3v) is 24.9. The highest BCUT2D eigenvalue weighted by atomic mass is 15.2. The Morgan fingerprint density at radius 3 is 0.930 bits per heavy atom. The van der Waals surface area contributed by atoms with E-state index in [0.717, 1.165) is 106 Å². The van der Waals surface area contributed by atoms with Gasteiger partial charge in [-0.05, 0) is 286 Å². The quantitative estimate of drug-likeness (QED) is 0.133. The summed E-state index contributed by atoms with van der Waals surface area (Å²) in [5.41, 5.74) is 44.7. The maximum atomic E-state index is 10.4. The van der Waals surface area contributed by atoms with E-state index in [1.807, 2.05) is 0 Å². The molecule has 0 N–H and O–H groups in total. The minimum Gasteiger partial charge on any atom is -0.310 e. The summed E-state index contributed by atoms with van der Waals surface area (Å²) in [5, 5.41) is 1.26. The number of aryl methyl sites for hydroxylation is 12. The SMILES string of the molecule is [2H]c1c([2H])c([2H])c2c(c1[2H])c1cc(C(C)(C)C)ccc1n2-c1cc2c3c(c1)N(c1c(-c4c(C)cc(C)cc4C)cccc1-c1c(C)cc(C)cc1C)c1ccc(-c4cc(C(C)(C)C)cc(C(C)(C)C)c4)cc1B3c1cc(-c3cc(C(C)(C)C)cc(C(C)(C)C)c3)ccc1N2c1c(-c2c(C)cc(C)cc2C)cccc1-c1c(C)cc(C)cc1C. The maximum absolute atomic E-state index is 10.4. The smallest absolute Gasteiger partial charge is 0.252 e. The molecule has 0 saturated heterocycles. The van der Waals surface area contributed by atoms with Gasteiger partial charge in [-0.2, -0.15) is 0 Å². The molecule has 574 valence electrons. The van der Waals surface area contributed by atoms with Crippen LogP contribution in [-0.4, -0.2) is 11.3 Å². The summed E-state index contributed by atoms with van der Waals surface area (Å²) in [6.45, 7) is 61.4. The summed E-state index contributed by atoms with van der Waals surface area (Å²) in [7, 11) is 0. The zero-order valence-electron chi connectivity index (χ0n) is 76.8. The Bertz CT molecular complexity index is 5980. The maximum Gasteiger partial charge on any atom is 0.252 e. The van der Waals surface area contributed by atoms with E-state index < -0.39 is 6.71 Å². The van der Waals surface area contributed by atoms with Gasteiger partial charge in [-0.15, -0.1) is 0 Å². The van der Waals surface area contributed by atoms with Crippen molar-refractivity contribution in [1.29, 1.82) is 0 Å². The second-order valence-electron chi connectivity index (χ2n) is 39.2. The highest BCUT2D eigenvalue weighted by molar-refractivity contribution is 7.00. The van der Waals surface area contributed by atoms with Gasteiger partial charge in [-0.3, -0.25) is 0 Å². The van der Waals surface area contributed by atoms with Gasteiger partial charge in [0, 0.05) is 55.8 Å². The number of fused-ring (bicyclic) bond motifs is 7. The summed E-state index contributed by atoms with van der Waals surface area (Å²) >= 11 is 0. The van der Waals surface area contributed by atoms with E-state index in [4.69, 9.17) is 0 Å². The molecule has 0 saturated carbocycles. The summed E-state index contributed by atoms with van der Waals surface area (Å²) < 4.78 is 42.1. The average Bonchev–Trinajstić information content (AvgIpc) is 0.800. The van der Waals surface area contributed by atoms with E-state index >= 15 is 0 Å². The molecule has 4 heteroatoms. The fourth-order valence-electron chi connectivity index (χ4n) is 19.5. The molecular formula is C110H116BN3.